The van der Waals surface area contributed by atoms with E-state index in [0.29, 0.717) is 19.5 Å². The molecule has 0 unspecified atom stereocenters. The Bertz CT molecular complexity index is 647. The molecule has 0 aromatic heterocycles. The second kappa shape index (κ2) is 7.89. The molecule has 5 nitrogen and oxygen atoms in total. The lowest BCUT2D eigenvalue weighted by molar-refractivity contribution is -1.02. The maximum absolute atomic E-state index is 12.5. The molecular weight excluding hydrogens is 326 g/mol. The van der Waals surface area contributed by atoms with Crippen LogP contribution >= 0.6 is 0 Å². The van der Waals surface area contributed by atoms with Crippen LogP contribution in [0.2, 0.25) is 0 Å². The van der Waals surface area contributed by atoms with Gasteiger partial charge < -0.3 is 9.80 Å². The van der Waals surface area contributed by atoms with Crippen molar-refractivity contribution < 1.29 is 19.4 Å². The van der Waals surface area contributed by atoms with Crippen molar-refractivity contribution in [1.82, 2.24) is 4.90 Å². The molecule has 0 bridgehead atoms. The number of rotatable bonds is 5. The number of piperidine rings is 1. The first-order valence-electron chi connectivity index (χ1n) is 9.94. The van der Waals surface area contributed by atoms with Crippen molar-refractivity contribution in [1.29, 1.82) is 0 Å². The van der Waals surface area contributed by atoms with Gasteiger partial charge in [-0.1, -0.05) is 43.7 Å². The number of carbonyl (C=O) groups excluding carboxylic acids is 2. The summed E-state index contributed by atoms with van der Waals surface area (Å²) in [7, 11) is 0. The number of hydrogen-bond donors (Lipinski definition) is 2. The third kappa shape index (κ3) is 4.51. The minimum absolute atomic E-state index is 0.0210. The van der Waals surface area contributed by atoms with Gasteiger partial charge in [-0.2, -0.15) is 0 Å². The number of likely N-dealkylation sites (tertiary alicyclic amines) is 1. The number of benzene rings is 1. The van der Waals surface area contributed by atoms with E-state index in [9.17, 15) is 9.59 Å². The van der Waals surface area contributed by atoms with Crippen LogP contribution in [0.1, 0.15) is 44.2 Å². The van der Waals surface area contributed by atoms with Gasteiger partial charge in [0, 0.05) is 18.4 Å². The van der Waals surface area contributed by atoms with Crippen LogP contribution in [-0.2, 0) is 16.1 Å². The number of hydrogen-bond acceptors (Lipinski definition) is 2. The highest BCUT2D eigenvalue weighted by Crippen LogP contribution is 2.34. The van der Waals surface area contributed by atoms with E-state index >= 15 is 0 Å². The highest BCUT2D eigenvalue weighted by Gasteiger charge is 2.41. The molecule has 0 aliphatic carbocycles. The summed E-state index contributed by atoms with van der Waals surface area (Å²) in [5, 5.41) is 0. The van der Waals surface area contributed by atoms with E-state index in [0.717, 1.165) is 39.1 Å². The first-order chi connectivity index (χ1) is 12.4. The van der Waals surface area contributed by atoms with Crippen molar-refractivity contribution in [2.75, 3.05) is 32.8 Å². The first-order valence-corrected chi connectivity index (χ1v) is 9.94. The molecule has 0 radical (unpaired) electrons. The predicted molar refractivity (Wildman–Crippen MR) is 101 cm³/mol. The fourth-order valence-electron chi connectivity index (χ4n) is 4.18. The number of carbonyl (C=O) groups is 2. The molecule has 3 rings (SSSR count). The minimum Gasteiger partial charge on any atom is -0.322 e. The highest BCUT2D eigenvalue weighted by molar-refractivity contribution is 5.98. The number of piperazine rings is 1. The second-order valence-electron chi connectivity index (χ2n) is 8.56. The molecule has 2 aliphatic rings. The molecule has 2 saturated heterocycles. The topological polar surface area (TPSA) is 46.3 Å². The van der Waals surface area contributed by atoms with Crippen molar-refractivity contribution in [3.63, 3.8) is 0 Å². The van der Waals surface area contributed by atoms with Crippen LogP contribution in [0.15, 0.2) is 24.3 Å². The van der Waals surface area contributed by atoms with E-state index in [1.807, 2.05) is 0 Å². The van der Waals surface area contributed by atoms with Crippen molar-refractivity contribution >= 4 is 11.8 Å². The van der Waals surface area contributed by atoms with Crippen LogP contribution in [0.25, 0.3) is 0 Å². The lowest BCUT2D eigenvalue weighted by Gasteiger charge is -2.38. The second-order valence-corrected chi connectivity index (χ2v) is 8.56. The molecule has 0 saturated carbocycles. The van der Waals surface area contributed by atoms with Crippen LogP contribution in [0.4, 0.5) is 0 Å². The number of quaternary nitrogens is 2. The fourth-order valence-corrected chi connectivity index (χ4v) is 4.18. The monoisotopic (exact) mass is 359 g/mol. The Morgan fingerprint density at radius 3 is 2.23 bits per heavy atom. The Morgan fingerprint density at radius 1 is 1.04 bits per heavy atom. The van der Waals surface area contributed by atoms with Gasteiger partial charge in [-0.25, -0.2) is 4.90 Å². The predicted octanol–water partition coefficient (Wildman–Crippen LogP) is -0.199. The molecule has 142 valence electrons. The normalized spacial score (nSPS) is 26.2. The Morgan fingerprint density at radius 2 is 1.65 bits per heavy atom. The van der Waals surface area contributed by atoms with Crippen LogP contribution in [0, 0.1) is 12.3 Å². The highest BCUT2D eigenvalue weighted by atomic mass is 16.2. The number of nitrogens with zero attached hydrogens (tertiary/aromatic N) is 1. The SMILES string of the molecule is CCC1(C)CC(=O)N(C[NH+]2CC[NH+](Cc3cccc(C)c3)CC2)C(=O)C1. The van der Waals surface area contributed by atoms with Gasteiger partial charge in [-0.05, 0) is 18.8 Å². The van der Waals surface area contributed by atoms with Crippen LogP contribution < -0.4 is 9.80 Å². The molecule has 2 fully saturated rings. The van der Waals surface area contributed by atoms with Crippen molar-refractivity contribution in [3.8, 4) is 0 Å². The van der Waals surface area contributed by atoms with Gasteiger partial charge in [0.25, 0.3) is 0 Å². The molecule has 2 heterocycles. The van der Waals surface area contributed by atoms with E-state index in [-0.39, 0.29) is 17.2 Å². The van der Waals surface area contributed by atoms with Gasteiger partial charge in [-0.15, -0.1) is 0 Å². The van der Waals surface area contributed by atoms with E-state index in [1.165, 1.54) is 20.9 Å². The van der Waals surface area contributed by atoms with Gasteiger partial charge >= 0.3 is 0 Å². The van der Waals surface area contributed by atoms with Gasteiger partial charge in [-0.3, -0.25) is 9.59 Å². The molecule has 2 N–H and O–H groups in total. The van der Waals surface area contributed by atoms with Crippen LogP contribution in [0.5, 0.6) is 0 Å². The minimum atomic E-state index is -0.142. The summed E-state index contributed by atoms with van der Waals surface area (Å²) in [5.74, 6) is 0.0419. The number of nitrogens with one attached hydrogen (secondary N) is 2. The quantitative estimate of drug-likeness (QED) is 0.716. The lowest BCUT2D eigenvalue weighted by atomic mass is 9.77. The smallest absolute Gasteiger partial charge is 0.234 e. The fraction of sp³-hybridized carbons (Fsp3) is 0.619. The third-order valence-corrected chi connectivity index (χ3v) is 6.19. The summed E-state index contributed by atoms with van der Waals surface area (Å²) in [5.41, 5.74) is 2.56. The Balaban J connectivity index is 1.49. The van der Waals surface area contributed by atoms with E-state index in [2.05, 4.69) is 45.0 Å². The molecule has 1 aromatic rings. The summed E-state index contributed by atoms with van der Waals surface area (Å²) < 4.78 is 0. The number of aryl methyl sites for hydroxylation is 1. The Kier molecular flexibility index (Phi) is 5.78. The van der Waals surface area contributed by atoms with Crippen molar-refractivity contribution in [3.05, 3.63) is 35.4 Å². The lowest BCUT2D eigenvalue weighted by Crippen LogP contribution is -3.28. The van der Waals surface area contributed by atoms with Gasteiger partial charge in [0.15, 0.2) is 6.67 Å². The summed E-state index contributed by atoms with van der Waals surface area (Å²) in [4.78, 5) is 29.4. The van der Waals surface area contributed by atoms with Gasteiger partial charge in [0.05, 0.1) is 0 Å². The summed E-state index contributed by atoms with van der Waals surface area (Å²) in [6.07, 6.45) is 1.90. The summed E-state index contributed by atoms with van der Waals surface area (Å²) in [6, 6.07) is 8.73. The average Bonchev–Trinajstić information content (AvgIpc) is 2.60. The maximum atomic E-state index is 12.5. The van der Waals surface area contributed by atoms with Crippen molar-refractivity contribution in [2.45, 2.75) is 46.6 Å². The number of imide groups is 1. The summed E-state index contributed by atoms with van der Waals surface area (Å²) >= 11 is 0. The van der Waals surface area contributed by atoms with Crippen molar-refractivity contribution in [2.24, 2.45) is 5.41 Å². The van der Waals surface area contributed by atoms with E-state index < -0.39 is 0 Å². The zero-order valence-corrected chi connectivity index (χ0v) is 16.4. The maximum Gasteiger partial charge on any atom is 0.234 e. The Hall–Kier alpha value is -1.72. The third-order valence-electron chi connectivity index (χ3n) is 6.19. The zero-order chi connectivity index (χ0) is 18.7. The standard InChI is InChI=1S/C21H31N3O2/c1-4-21(3)13-19(25)24(20(26)14-21)16-23-10-8-22(9-11-23)15-18-7-5-6-17(2)12-18/h5-7,12H,4,8-11,13-16H2,1-3H3/p+2. The molecule has 2 aliphatic heterocycles. The molecule has 2 amide bonds. The van der Waals surface area contributed by atoms with E-state index in [4.69, 9.17) is 0 Å². The molecule has 0 spiro atoms. The molecule has 1 aromatic carbocycles. The molecule has 26 heavy (non-hydrogen) atoms. The zero-order valence-electron chi connectivity index (χ0n) is 16.4. The molecular formula is C21H33N3O2+2. The largest absolute Gasteiger partial charge is 0.322 e. The molecule has 0 atom stereocenters. The molecule has 5 heteroatoms. The van der Waals surface area contributed by atoms with Crippen LogP contribution in [-0.4, -0.2) is 49.6 Å². The van der Waals surface area contributed by atoms with Gasteiger partial charge in [0.1, 0.15) is 32.7 Å². The summed E-state index contributed by atoms with van der Waals surface area (Å²) in [6.45, 7) is 12.1. The van der Waals surface area contributed by atoms with Gasteiger partial charge in [0.2, 0.25) is 11.8 Å². The number of amides is 2. The Labute approximate surface area is 156 Å². The van der Waals surface area contributed by atoms with Crippen LogP contribution in [0.3, 0.4) is 0 Å². The van der Waals surface area contributed by atoms with E-state index in [1.54, 1.807) is 4.90 Å². The first kappa shape index (κ1) is 19.1. The average molecular weight is 360 g/mol.